The molecule has 0 radical (unpaired) electrons. The first-order chi connectivity index (χ1) is 14.2. The maximum Gasteiger partial charge on any atom is 0.246 e. The molecular formula is C23H29N5O. The molecule has 0 bridgehead atoms. The quantitative estimate of drug-likeness (QED) is 0.749. The second-order valence-electron chi connectivity index (χ2n) is 7.84. The average molecular weight is 392 g/mol. The highest BCUT2D eigenvalue weighted by molar-refractivity contribution is 5.91. The van der Waals surface area contributed by atoms with E-state index in [1.54, 1.807) is 6.08 Å². The Morgan fingerprint density at radius 2 is 1.66 bits per heavy atom. The first kappa shape index (κ1) is 19.4. The van der Waals surface area contributed by atoms with Crippen LogP contribution in [0.3, 0.4) is 0 Å². The summed E-state index contributed by atoms with van der Waals surface area (Å²) in [6.45, 7) is 6.27. The summed E-state index contributed by atoms with van der Waals surface area (Å²) >= 11 is 0. The third kappa shape index (κ3) is 4.75. The lowest BCUT2D eigenvalue weighted by molar-refractivity contribution is -0.126. The van der Waals surface area contributed by atoms with Crippen molar-refractivity contribution in [2.75, 3.05) is 42.5 Å². The van der Waals surface area contributed by atoms with Gasteiger partial charge in [-0.25, -0.2) is 0 Å². The number of carbonyl (C=O) groups is 1. The van der Waals surface area contributed by atoms with Crippen molar-refractivity contribution in [3.63, 3.8) is 0 Å². The predicted molar refractivity (Wildman–Crippen MR) is 117 cm³/mol. The van der Waals surface area contributed by atoms with Gasteiger partial charge in [0.05, 0.1) is 0 Å². The summed E-state index contributed by atoms with van der Waals surface area (Å²) in [6.07, 6.45) is 7.28. The fourth-order valence-electron chi connectivity index (χ4n) is 4.07. The Balaban J connectivity index is 1.31. The Hall–Kier alpha value is -2.89. The number of piperazine rings is 1. The molecule has 6 heteroatoms. The third-order valence-corrected chi connectivity index (χ3v) is 5.87. The van der Waals surface area contributed by atoms with Gasteiger partial charge in [-0.1, -0.05) is 30.3 Å². The number of carbonyl (C=O) groups excluding carboxylic acids is 1. The summed E-state index contributed by atoms with van der Waals surface area (Å²) in [5, 5.41) is 8.96. The molecular weight excluding hydrogens is 362 g/mol. The molecule has 1 unspecified atom stereocenters. The first-order valence-corrected chi connectivity index (χ1v) is 10.6. The van der Waals surface area contributed by atoms with Gasteiger partial charge in [-0.05, 0) is 50.0 Å². The molecule has 1 atom stereocenters. The van der Waals surface area contributed by atoms with Gasteiger partial charge in [0.2, 0.25) is 5.91 Å². The second kappa shape index (κ2) is 9.07. The van der Waals surface area contributed by atoms with Crippen molar-refractivity contribution in [1.29, 1.82) is 0 Å². The largest absolute Gasteiger partial charge is 0.352 e. The molecule has 0 aliphatic carbocycles. The summed E-state index contributed by atoms with van der Waals surface area (Å²) in [5.74, 6) is 1.93. The van der Waals surface area contributed by atoms with Crippen LogP contribution in [0.5, 0.6) is 0 Å². The Kier molecular flexibility index (Phi) is 6.08. The number of rotatable bonds is 4. The van der Waals surface area contributed by atoms with E-state index in [1.165, 1.54) is 19.3 Å². The Bertz CT molecular complexity index is 828. The maximum absolute atomic E-state index is 12.5. The molecule has 2 aromatic rings. The van der Waals surface area contributed by atoms with Crippen molar-refractivity contribution in [2.45, 2.75) is 32.2 Å². The van der Waals surface area contributed by atoms with Crippen LogP contribution in [-0.2, 0) is 4.79 Å². The number of hydrogen-bond donors (Lipinski definition) is 0. The molecule has 1 amide bonds. The average Bonchev–Trinajstić information content (AvgIpc) is 2.79. The summed E-state index contributed by atoms with van der Waals surface area (Å²) in [5.41, 5.74) is 1.04. The van der Waals surface area contributed by atoms with Crippen molar-refractivity contribution >= 4 is 23.6 Å². The smallest absolute Gasteiger partial charge is 0.246 e. The Labute approximate surface area is 172 Å². The highest BCUT2D eigenvalue weighted by atomic mass is 16.2. The number of benzene rings is 1. The molecule has 0 N–H and O–H groups in total. The lowest BCUT2D eigenvalue weighted by Crippen LogP contribution is -2.48. The van der Waals surface area contributed by atoms with Gasteiger partial charge in [-0.3, -0.25) is 4.79 Å². The highest BCUT2D eigenvalue weighted by Gasteiger charge is 2.23. The molecule has 1 aromatic heterocycles. The first-order valence-electron chi connectivity index (χ1n) is 10.6. The zero-order valence-corrected chi connectivity index (χ0v) is 17.1. The van der Waals surface area contributed by atoms with Gasteiger partial charge in [0.15, 0.2) is 11.6 Å². The lowest BCUT2D eigenvalue weighted by Gasteiger charge is -2.36. The van der Waals surface area contributed by atoms with Gasteiger partial charge in [0.1, 0.15) is 0 Å². The fraction of sp³-hybridized carbons (Fsp3) is 0.435. The van der Waals surface area contributed by atoms with Crippen LogP contribution in [0.15, 0.2) is 48.5 Å². The third-order valence-electron chi connectivity index (χ3n) is 5.87. The van der Waals surface area contributed by atoms with Gasteiger partial charge in [-0.2, -0.15) is 0 Å². The van der Waals surface area contributed by atoms with E-state index in [0.29, 0.717) is 19.1 Å². The minimum absolute atomic E-state index is 0.0639. The van der Waals surface area contributed by atoms with Crippen LogP contribution in [0.2, 0.25) is 0 Å². The number of nitrogens with zero attached hydrogens (tertiary/aromatic N) is 5. The van der Waals surface area contributed by atoms with Crippen LogP contribution in [0.4, 0.5) is 11.6 Å². The van der Waals surface area contributed by atoms with Crippen LogP contribution in [0.25, 0.3) is 6.08 Å². The molecule has 2 saturated heterocycles. The van der Waals surface area contributed by atoms with E-state index in [2.05, 4.69) is 39.1 Å². The zero-order chi connectivity index (χ0) is 20.1. The minimum Gasteiger partial charge on any atom is -0.352 e. The molecule has 0 saturated carbocycles. The van der Waals surface area contributed by atoms with Crippen molar-refractivity contribution in [1.82, 2.24) is 15.1 Å². The molecule has 1 aromatic carbocycles. The number of anilines is 2. The van der Waals surface area contributed by atoms with E-state index >= 15 is 0 Å². The Morgan fingerprint density at radius 3 is 2.34 bits per heavy atom. The molecule has 4 rings (SSSR count). The predicted octanol–water partition coefficient (Wildman–Crippen LogP) is 3.22. The van der Waals surface area contributed by atoms with E-state index in [-0.39, 0.29) is 5.91 Å². The number of aromatic nitrogens is 2. The van der Waals surface area contributed by atoms with Crippen molar-refractivity contribution in [3.05, 3.63) is 54.1 Å². The lowest BCUT2D eigenvalue weighted by atomic mass is 10.0. The molecule has 0 spiro atoms. The van der Waals surface area contributed by atoms with Gasteiger partial charge in [-0.15, -0.1) is 10.2 Å². The molecule has 152 valence electrons. The van der Waals surface area contributed by atoms with E-state index in [9.17, 15) is 4.79 Å². The summed E-state index contributed by atoms with van der Waals surface area (Å²) in [7, 11) is 0. The highest BCUT2D eigenvalue weighted by Crippen LogP contribution is 2.23. The normalized spacial score (nSPS) is 20.3. The van der Waals surface area contributed by atoms with Crippen LogP contribution in [0.1, 0.15) is 31.7 Å². The van der Waals surface area contributed by atoms with Gasteiger partial charge < -0.3 is 14.7 Å². The number of amides is 1. The van der Waals surface area contributed by atoms with E-state index in [1.807, 2.05) is 41.3 Å². The van der Waals surface area contributed by atoms with Crippen LogP contribution < -0.4 is 9.80 Å². The summed E-state index contributed by atoms with van der Waals surface area (Å²) in [4.78, 5) is 18.9. The standard InChI is InChI=1S/C23H29N5O/c1-19-7-5-6-14-28(19)22-12-11-21(24-25-22)26-15-17-27(18-16-26)23(29)13-10-20-8-3-2-4-9-20/h2-4,8-13,19H,5-7,14-18H2,1H3. The van der Waals surface area contributed by atoms with Gasteiger partial charge in [0.25, 0.3) is 0 Å². The summed E-state index contributed by atoms with van der Waals surface area (Å²) in [6, 6.07) is 14.6. The van der Waals surface area contributed by atoms with Crippen LogP contribution >= 0.6 is 0 Å². The van der Waals surface area contributed by atoms with Crippen molar-refractivity contribution in [3.8, 4) is 0 Å². The van der Waals surface area contributed by atoms with E-state index in [4.69, 9.17) is 0 Å². The minimum atomic E-state index is 0.0639. The van der Waals surface area contributed by atoms with Crippen LogP contribution in [-0.4, -0.2) is 59.8 Å². The maximum atomic E-state index is 12.5. The van der Waals surface area contributed by atoms with Gasteiger partial charge >= 0.3 is 0 Å². The van der Waals surface area contributed by atoms with Gasteiger partial charge in [0, 0.05) is 44.8 Å². The zero-order valence-electron chi connectivity index (χ0n) is 17.1. The molecule has 29 heavy (non-hydrogen) atoms. The summed E-state index contributed by atoms with van der Waals surface area (Å²) < 4.78 is 0. The Morgan fingerprint density at radius 1 is 0.931 bits per heavy atom. The van der Waals surface area contributed by atoms with Crippen molar-refractivity contribution in [2.24, 2.45) is 0 Å². The van der Waals surface area contributed by atoms with Crippen LogP contribution in [0, 0.1) is 0 Å². The molecule has 3 heterocycles. The number of hydrogen-bond acceptors (Lipinski definition) is 5. The number of piperidine rings is 1. The fourth-order valence-corrected chi connectivity index (χ4v) is 4.07. The van der Waals surface area contributed by atoms with E-state index < -0.39 is 0 Å². The monoisotopic (exact) mass is 391 g/mol. The topological polar surface area (TPSA) is 52.6 Å². The molecule has 2 aliphatic heterocycles. The van der Waals surface area contributed by atoms with Crippen molar-refractivity contribution < 1.29 is 4.79 Å². The van der Waals surface area contributed by atoms with E-state index in [0.717, 1.165) is 36.8 Å². The second-order valence-corrected chi connectivity index (χ2v) is 7.84. The SMILES string of the molecule is CC1CCCCN1c1ccc(N2CCN(C(=O)C=Cc3ccccc3)CC2)nn1. The molecule has 2 fully saturated rings. The molecule has 2 aliphatic rings. The molecule has 6 nitrogen and oxygen atoms in total.